The SMILES string of the molecule is O=S(=O)(c1c(Cl)cc(Br)cc1Cl)N1CCC(c2nnc3ccccn23)CC1. The van der Waals surface area contributed by atoms with Crippen molar-refractivity contribution in [2.45, 2.75) is 23.7 Å². The summed E-state index contributed by atoms with van der Waals surface area (Å²) in [5.74, 6) is 1.01. The van der Waals surface area contributed by atoms with Gasteiger partial charge in [0.05, 0.1) is 10.0 Å². The highest BCUT2D eigenvalue weighted by molar-refractivity contribution is 9.10. The Hall–Kier alpha value is -1.19. The van der Waals surface area contributed by atoms with Gasteiger partial charge in [-0.1, -0.05) is 45.2 Å². The molecule has 27 heavy (non-hydrogen) atoms. The van der Waals surface area contributed by atoms with Gasteiger partial charge in [0.15, 0.2) is 5.65 Å². The average molecular weight is 490 g/mol. The van der Waals surface area contributed by atoms with E-state index in [1.165, 1.54) is 16.4 Å². The Morgan fingerprint density at radius 1 is 1.07 bits per heavy atom. The average Bonchev–Trinajstić information content (AvgIpc) is 3.05. The lowest BCUT2D eigenvalue weighted by Gasteiger charge is -2.30. The first kappa shape index (κ1) is 19.1. The molecule has 1 saturated heterocycles. The van der Waals surface area contributed by atoms with Crippen LogP contribution in [0.3, 0.4) is 0 Å². The zero-order chi connectivity index (χ0) is 19.2. The van der Waals surface area contributed by atoms with E-state index < -0.39 is 10.0 Å². The zero-order valence-electron chi connectivity index (χ0n) is 14.0. The first-order valence-corrected chi connectivity index (χ1v) is 11.3. The fraction of sp³-hybridized carbons (Fsp3) is 0.294. The van der Waals surface area contributed by atoms with Crippen LogP contribution in [-0.2, 0) is 10.0 Å². The molecule has 2 aromatic heterocycles. The summed E-state index contributed by atoms with van der Waals surface area (Å²) in [4.78, 5) is -0.0413. The van der Waals surface area contributed by atoms with Crippen LogP contribution < -0.4 is 0 Å². The van der Waals surface area contributed by atoms with Gasteiger partial charge in [-0.05, 0) is 37.1 Å². The highest BCUT2D eigenvalue weighted by atomic mass is 79.9. The largest absolute Gasteiger partial charge is 0.286 e. The Morgan fingerprint density at radius 3 is 2.41 bits per heavy atom. The van der Waals surface area contributed by atoms with Crippen LogP contribution in [0.2, 0.25) is 10.0 Å². The van der Waals surface area contributed by atoms with Crippen molar-refractivity contribution in [3.05, 3.63) is 56.9 Å². The van der Waals surface area contributed by atoms with Gasteiger partial charge in [-0.3, -0.25) is 4.40 Å². The van der Waals surface area contributed by atoms with E-state index >= 15 is 0 Å². The van der Waals surface area contributed by atoms with Crippen molar-refractivity contribution in [3.8, 4) is 0 Å². The maximum Gasteiger partial charge on any atom is 0.246 e. The van der Waals surface area contributed by atoms with Crippen LogP contribution in [0, 0.1) is 0 Å². The van der Waals surface area contributed by atoms with E-state index in [2.05, 4.69) is 26.1 Å². The van der Waals surface area contributed by atoms with E-state index in [0.29, 0.717) is 30.4 Å². The summed E-state index contributed by atoms with van der Waals surface area (Å²) in [5.41, 5.74) is 0.788. The molecule has 0 saturated carbocycles. The number of nitrogens with zero attached hydrogens (tertiary/aromatic N) is 4. The maximum absolute atomic E-state index is 13.1. The molecule has 0 radical (unpaired) electrons. The molecular formula is C17H15BrCl2N4O2S. The molecule has 0 aliphatic carbocycles. The molecule has 0 spiro atoms. The Kier molecular flexibility index (Phi) is 5.20. The number of hydrogen-bond acceptors (Lipinski definition) is 4. The van der Waals surface area contributed by atoms with Crippen LogP contribution >= 0.6 is 39.1 Å². The van der Waals surface area contributed by atoms with Crippen molar-refractivity contribution in [1.29, 1.82) is 0 Å². The Morgan fingerprint density at radius 2 is 1.74 bits per heavy atom. The zero-order valence-corrected chi connectivity index (χ0v) is 17.9. The summed E-state index contributed by atoms with van der Waals surface area (Å²) in [6.45, 7) is 0.745. The predicted molar refractivity (Wildman–Crippen MR) is 108 cm³/mol. The Labute approximate surface area is 175 Å². The third-order valence-corrected chi connectivity index (χ3v) is 8.00. The summed E-state index contributed by atoms with van der Waals surface area (Å²) >= 11 is 15.6. The van der Waals surface area contributed by atoms with Gasteiger partial charge in [0.25, 0.3) is 0 Å². The molecule has 3 heterocycles. The lowest BCUT2D eigenvalue weighted by molar-refractivity contribution is 0.312. The van der Waals surface area contributed by atoms with Crippen molar-refractivity contribution in [3.63, 3.8) is 0 Å². The van der Waals surface area contributed by atoms with Gasteiger partial charge in [0, 0.05) is 29.7 Å². The fourth-order valence-electron chi connectivity index (χ4n) is 3.40. The van der Waals surface area contributed by atoms with Crippen LogP contribution in [0.15, 0.2) is 45.9 Å². The van der Waals surface area contributed by atoms with Crippen LogP contribution in [0.25, 0.3) is 5.65 Å². The lowest BCUT2D eigenvalue weighted by atomic mass is 9.97. The van der Waals surface area contributed by atoms with E-state index in [1.54, 1.807) is 0 Å². The van der Waals surface area contributed by atoms with E-state index in [9.17, 15) is 8.42 Å². The van der Waals surface area contributed by atoms with E-state index in [-0.39, 0.29) is 20.9 Å². The molecular weight excluding hydrogens is 475 g/mol. The highest BCUT2D eigenvalue weighted by Gasteiger charge is 2.34. The normalized spacial score (nSPS) is 16.9. The number of halogens is 3. The van der Waals surface area contributed by atoms with Gasteiger partial charge in [0.1, 0.15) is 10.7 Å². The smallest absolute Gasteiger partial charge is 0.246 e. The molecule has 1 fully saturated rings. The number of fused-ring (bicyclic) bond motifs is 1. The molecule has 0 unspecified atom stereocenters. The monoisotopic (exact) mass is 488 g/mol. The Balaban J connectivity index is 1.57. The molecule has 1 aliphatic heterocycles. The molecule has 0 atom stereocenters. The molecule has 6 nitrogen and oxygen atoms in total. The molecule has 4 rings (SSSR count). The van der Waals surface area contributed by atoms with Gasteiger partial charge >= 0.3 is 0 Å². The summed E-state index contributed by atoms with van der Waals surface area (Å²) < 4.78 is 30.1. The van der Waals surface area contributed by atoms with Crippen molar-refractivity contribution in [2.75, 3.05) is 13.1 Å². The predicted octanol–water partition coefficient (Wildman–Crippen LogP) is 4.37. The van der Waals surface area contributed by atoms with Gasteiger partial charge in [-0.25, -0.2) is 8.42 Å². The summed E-state index contributed by atoms with van der Waals surface area (Å²) in [5, 5.41) is 8.70. The van der Waals surface area contributed by atoms with Crippen LogP contribution in [-0.4, -0.2) is 40.4 Å². The van der Waals surface area contributed by atoms with Gasteiger partial charge in [-0.15, -0.1) is 10.2 Å². The second-order valence-corrected chi connectivity index (χ2v) is 9.97. The molecule has 142 valence electrons. The second-order valence-electron chi connectivity index (χ2n) is 6.36. The second kappa shape index (κ2) is 7.33. The van der Waals surface area contributed by atoms with E-state index in [1.807, 2.05) is 28.8 Å². The van der Waals surface area contributed by atoms with Gasteiger partial charge in [0.2, 0.25) is 10.0 Å². The number of hydrogen-bond donors (Lipinski definition) is 0. The number of aromatic nitrogens is 3. The molecule has 0 amide bonds. The van der Waals surface area contributed by atoms with Crippen molar-refractivity contribution < 1.29 is 8.42 Å². The standard InChI is InChI=1S/C17H15BrCl2N4O2S/c18-12-9-13(19)16(14(20)10-12)27(25,26)23-7-4-11(5-8-23)17-22-21-15-3-1-2-6-24(15)17/h1-3,6,9-11H,4-5,7-8H2. The van der Waals surface area contributed by atoms with E-state index in [0.717, 1.165) is 11.5 Å². The number of sulfonamides is 1. The third kappa shape index (κ3) is 3.49. The minimum absolute atomic E-state index is 0.0413. The lowest BCUT2D eigenvalue weighted by Crippen LogP contribution is -2.38. The van der Waals surface area contributed by atoms with Crippen molar-refractivity contribution in [2.24, 2.45) is 0 Å². The fourth-order valence-corrected chi connectivity index (χ4v) is 6.75. The molecule has 0 N–H and O–H groups in total. The number of pyridine rings is 1. The third-order valence-electron chi connectivity index (χ3n) is 4.72. The van der Waals surface area contributed by atoms with Crippen LogP contribution in [0.1, 0.15) is 24.6 Å². The summed E-state index contributed by atoms with van der Waals surface area (Å²) in [6.07, 6.45) is 3.23. The molecule has 10 heteroatoms. The van der Waals surface area contributed by atoms with Crippen LogP contribution in [0.5, 0.6) is 0 Å². The van der Waals surface area contributed by atoms with Gasteiger partial charge < -0.3 is 0 Å². The summed E-state index contributed by atoms with van der Waals surface area (Å²) in [6, 6.07) is 8.81. The quantitative estimate of drug-likeness (QED) is 0.547. The molecule has 3 aromatic rings. The number of rotatable bonds is 3. The number of piperidine rings is 1. The number of benzene rings is 1. The highest BCUT2D eigenvalue weighted by Crippen LogP contribution is 2.37. The van der Waals surface area contributed by atoms with E-state index in [4.69, 9.17) is 23.2 Å². The minimum Gasteiger partial charge on any atom is -0.286 e. The van der Waals surface area contributed by atoms with Crippen LogP contribution in [0.4, 0.5) is 0 Å². The Bertz CT molecular complexity index is 1090. The minimum atomic E-state index is -3.77. The first-order valence-electron chi connectivity index (χ1n) is 8.32. The first-order chi connectivity index (χ1) is 12.9. The maximum atomic E-state index is 13.1. The van der Waals surface area contributed by atoms with Gasteiger partial charge in [-0.2, -0.15) is 4.31 Å². The molecule has 1 aromatic carbocycles. The summed E-state index contributed by atoms with van der Waals surface area (Å²) in [7, 11) is -3.77. The van der Waals surface area contributed by atoms with Crippen molar-refractivity contribution >= 4 is 54.8 Å². The topological polar surface area (TPSA) is 67.6 Å². The molecule has 0 bridgehead atoms. The van der Waals surface area contributed by atoms with Crippen molar-refractivity contribution in [1.82, 2.24) is 18.9 Å². The molecule has 1 aliphatic rings.